The van der Waals surface area contributed by atoms with Crippen LogP contribution in [0.2, 0.25) is 0 Å². The van der Waals surface area contributed by atoms with Gasteiger partial charge >= 0.3 is 0 Å². The molecule has 1 saturated carbocycles. The van der Waals surface area contributed by atoms with E-state index in [0.717, 1.165) is 49.6 Å². The topological polar surface area (TPSA) is 32.3 Å². The molecule has 1 heterocycles. The molecule has 3 heteroatoms. The Bertz CT molecular complexity index is 478. The van der Waals surface area contributed by atoms with Crippen molar-refractivity contribution in [1.82, 2.24) is 0 Å². The van der Waals surface area contributed by atoms with Crippen LogP contribution in [-0.4, -0.2) is 19.0 Å². The summed E-state index contributed by atoms with van der Waals surface area (Å²) in [6.45, 7) is 4.09. The summed E-state index contributed by atoms with van der Waals surface area (Å²) in [7, 11) is 0. The predicted octanol–water partition coefficient (Wildman–Crippen LogP) is 3.66. The Kier molecular flexibility index (Phi) is 3.95. The highest BCUT2D eigenvalue weighted by atomic mass is 16.2. The molecule has 0 saturated heterocycles. The van der Waals surface area contributed by atoms with E-state index in [1.807, 2.05) is 17.0 Å². The zero-order valence-corrected chi connectivity index (χ0v) is 12.3. The van der Waals surface area contributed by atoms with E-state index >= 15 is 0 Å². The van der Waals surface area contributed by atoms with Crippen LogP contribution in [0.15, 0.2) is 24.3 Å². The number of para-hydroxylation sites is 2. The molecule has 0 radical (unpaired) electrons. The van der Waals surface area contributed by atoms with E-state index in [-0.39, 0.29) is 5.92 Å². The summed E-state index contributed by atoms with van der Waals surface area (Å²) in [5, 5.41) is 3.43. The number of benzene rings is 1. The van der Waals surface area contributed by atoms with Crippen molar-refractivity contribution >= 4 is 17.3 Å². The molecule has 3 nitrogen and oxygen atoms in total. The van der Waals surface area contributed by atoms with Crippen LogP contribution >= 0.6 is 0 Å². The lowest BCUT2D eigenvalue weighted by Gasteiger charge is -2.31. The first-order valence-corrected chi connectivity index (χ1v) is 7.90. The van der Waals surface area contributed by atoms with E-state index in [2.05, 4.69) is 24.4 Å². The van der Waals surface area contributed by atoms with E-state index in [1.54, 1.807) is 0 Å². The average molecular weight is 272 g/mol. The van der Waals surface area contributed by atoms with Crippen LogP contribution in [-0.2, 0) is 4.79 Å². The molecule has 1 aromatic carbocycles. The van der Waals surface area contributed by atoms with Crippen molar-refractivity contribution < 1.29 is 4.79 Å². The zero-order valence-electron chi connectivity index (χ0n) is 12.3. The monoisotopic (exact) mass is 272 g/mol. The molecule has 0 atom stereocenters. The minimum atomic E-state index is 0.234. The number of nitrogens with zero attached hydrogens (tertiary/aromatic N) is 1. The Balaban J connectivity index is 1.80. The number of carbonyl (C=O) groups excluding carboxylic acids is 1. The van der Waals surface area contributed by atoms with Gasteiger partial charge in [-0.15, -0.1) is 0 Å². The number of rotatable bonds is 1. The highest BCUT2D eigenvalue weighted by Gasteiger charge is 2.30. The molecular formula is C17H24N2O. The van der Waals surface area contributed by atoms with Gasteiger partial charge in [-0.25, -0.2) is 0 Å². The molecule has 1 amide bonds. The van der Waals surface area contributed by atoms with Gasteiger partial charge in [0.25, 0.3) is 0 Å². The summed E-state index contributed by atoms with van der Waals surface area (Å²) >= 11 is 0. The first-order chi connectivity index (χ1) is 9.75. The second-order valence-electron chi connectivity index (χ2n) is 6.24. The summed E-state index contributed by atoms with van der Waals surface area (Å²) in [6, 6.07) is 8.19. The number of hydrogen-bond acceptors (Lipinski definition) is 2. The van der Waals surface area contributed by atoms with Crippen molar-refractivity contribution in [1.29, 1.82) is 0 Å². The zero-order chi connectivity index (χ0) is 13.9. The summed E-state index contributed by atoms with van der Waals surface area (Å²) in [4.78, 5) is 14.9. The number of hydrogen-bond donors (Lipinski definition) is 1. The van der Waals surface area contributed by atoms with Crippen LogP contribution in [0, 0.1) is 11.8 Å². The number of carbonyl (C=O) groups is 1. The van der Waals surface area contributed by atoms with Gasteiger partial charge in [-0.3, -0.25) is 4.79 Å². The van der Waals surface area contributed by atoms with Crippen molar-refractivity contribution in [3.63, 3.8) is 0 Å². The van der Waals surface area contributed by atoms with Crippen molar-refractivity contribution in [3.8, 4) is 0 Å². The minimum absolute atomic E-state index is 0.234. The Morgan fingerprint density at radius 2 is 1.95 bits per heavy atom. The predicted molar refractivity (Wildman–Crippen MR) is 83.0 cm³/mol. The maximum atomic E-state index is 12.9. The fraction of sp³-hybridized carbons (Fsp3) is 0.588. The van der Waals surface area contributed by atoms with Gasteiger partial charge in [0.1, 0.15) is 0 Å². The highest BCUT2D eigenvalue weighted by Crippen LogP contribution is 2.34. The van der Waals surface area contributed by atoms with Crippen molar-refractivity contribution in [2.45, 2.75) is 39.0 Å². The van der Waals surface area contributed by atoms with E-state index in [9.17, 15) is 4.79 Å². The Morgan fingerprint density at radius 3 is 2.75 bits per heavy atom. The summed E-state index contributed by atoms with van der Waals surface area (Å²) in [5.41, 5.74) is 2.16. The number of anilines is 2. The first kappa shape index (κ1) is 13.5. The molecule has 1 aliphatic heterocycles. The van der Waals surface area contributed by atoms with E-state index in [1.165, 1.54) is 12.8 Å². The molecule has 3 rings (SSSR count). The molecule has 1 aromatic rings. The normalized spacial score (nSPS) is 26.4. The maximum Gasteiger partial charge on any atom is 0.230 e. The lowest BCUT2D eigenvalue weighted by Crippen LogP contribution is -2.38. The number of fused-ring (bicyclic) bond motifs is 1. The number of amides is 1. The van der Waals surface area contributed by atoms with Gasteiger partial charge in [0.05, 0.1) is 11.4 Å². The lowest BCUT2D eigenvalue weighted by atomic mass is 9.82. The lowest BCUT2D eigenvalue weighted by molar-refractivity contribution is -0.123. The molecule has 0 spiro atoms. The van der Waals surface area contributed by atoms with Crippen LogP contribution in [0.1, 0.15) is 39.0 Å². The first-order valence-electron chi connectivity index (χ1n) is 7.90. The van der Waals surface area contributed by atoms with Crippen molar-refractivity contribution in [2.24, 2.45) is 11.8 Å². The highest BCUT2D eigenvalue weighted by molar-refractivity contribution is 5.98. The standard InChI is InChI=1S/C17H24N2O/c1-13-7-9-14(10-8-13)17(20)19-12-4-11-18-15-5-2-3-6-16(15)19/h2-3,5-6,13-14,18H,4,7-12H2,1H3. The molecule has 0 aromatic heterocycles. The maximum absolute atomic E-state index is 12.9. The van der Waals surface area contributed by atoms with Gasteiger partial charge in [-0.05, 0) is 50.2 Å². The molecule has 0 unspecified atom stereocenters. The van der Waals surface area contributed by atoms with Crippen LogP contribution in [0.5, 0.6) is 0 Å². The Labute approximate surface area is 121 Å². The summed E-state index contributed by atoms with van der Waals surface area (Å²) in [5.74, 6) is 1.36. The third kappa shape index (κ3) is 2.67. The van der Waals surface area contributed by atoms with Crippen LogP contribution < -0.4 is 10.2 Å². The Morgan fingerprint density at radius 1 is 1.20 bits per heavy atom. The van der Waals surface area contributed by atoms with Gasteiger partial charge in [0.15, 0.2) is 0 Å². The van der Waals surface area contributed by atoms with Crippen LogP contribution in [0.25, 0.3) is 0 Å². The smallest absolute Gasteiger partial charge is 0.230 e. The minimum Gasteiger partial charge on any atom is -0.383 e. The van der Waals surface area contributed by atoms with Gasteiger partial charge < -0.3 is 10.2 Å². The molecule has 1 fully saturated rings. The van der Waals surface area contributed by atoms with Crippen LogP contribution in [0.4, 0.5) is 11.4 Å². The fourth-order valence-corrected chi connectivity index (χ4v) is 3.40. The molecular weight excluding hydrogens is 248 g/mol. The average Bonchev–Trinajstić information content (AvgIpc) is 2.69. The third-order valence-corrected chi connectivity index (χ3v) is 4.70. The van der Waals surface area contributed by atoms with E-state index in [4.69, 9.17) is 0 Å². The SMILES string of the molecule is CC1CCC(C(=O)N2CCCNc3ccccc32)CC1. The quantitative estimate of drug-likeness (QED) is 0.846. The molecule has 1 aliphatic carbocycles. The summed E-state index contributed by atoms with van der Waals surface area (Å²) < 4.78 is 0. The molecule has 0 bridgehead atoms. The number of nitrogens with one attached hydrogen (secondary N) is 1. The summed E-state index contributed by atoms with van der Waals surface area (Å²) in [6.07, 6.45) is 5.54. The largest absolute Gasteiger partial charge is 0.383 e. The van der Waals surface area contributed by atoms with Crippen LogP contribution in [0.3, 0.4) is 0 Å². The third-order valence-electron chi connectivity index (χ3n) is 4.70. The van der Waals surface area contributed by atoms with Gasteiger partial charge in [0, 0.05) is 19.0 Å². The van der Waals surface area contributed by atoms with Crippen molar-refractivity contribution in [3.05, 3.63) is 24.3 Å². The molecule has 1 N–H and O–H groups in total. The molecule has 108 valence electrons. The Hall–Kier alpha value is -1.51. The van der Waals surface area contributed by atoms with Gasteiger partial charge in [-0.2, -0.15) is 0 Å². The van der Waals surface area contributed by atoms with E-state index < -0.39 is 0 Å². The fourth-order valence-electron chi connectivity index (χ4n) is 3.40. The van der Waals surface area contributed by atoms with Crippen molar-refractivity contribution in [2.75, 3.05) is 23.3 Å². The molecule has 20 heavy (non-hydrogen) atoms. The molecule has 2 aliphatic rings. The van der Waals surface area contributed by atoms with Gasteiger partial charge in [-0.1, -0.05) is 19.1 Å². The second kappa shape index (κ2) is 5.86. The van der Waals surface area contributed by atoms with Gasteiger partial charge in [0.2, 0.25) is 5.91 Å². The van der Waals surface area contributed by atoms with E-state index in [0.29, 0.717) is 5.91 Å². The second-order valence-corrected chi connectivity index (χ2v) is 6.24.